The molecule has 1 aliphatic carbocycles. The number of piperidine rings is 2. The molecule has 2 saturated heterocycles. The molecule has 0 aromatic heterocycles. The molecule has 65 heavy (non-hydrogen) atoms. The summed E-state index contributed by atoms with van der Waals surface area (Å²) in [6.45, 7) is 17.7. The third-order valence-corrected chi connectivity index (χ3v) is 13.5. The largest absolute Gasteiger partial charge is 0.493 e. The second-order valence-corrected chi connectivity index (χ2v) is 19.2. The summed E-state index contributed by atoms with van der Waals surface area (Å²) < 4.78 is 36.4. The lowest BCUT2D eigenvalue weighted by Gasteiger charge is -2.32. The molecule has 12 heteroatoms. The van der Waals surface area contributed by atoms with Crippen LogP contribution in [-0.2, 0) is 56.5 Å². The van der Waals surface area contributed by atoms with Crippen LogP contribution in [0, 0.1) is 18.8 Å². The normalized spacial score (nSPS) is 17.4. The Bertz CT molecular complexity index is 2280. The highest BCUT2D eigenvalue weighted by Gasteiger charge is 2.30. The van der Waals surface area contributed by atoms with Crippen LogP contribution in [0.2, 0.25) is 10.0 Å². The van der Waals surface area contributed by atoms with Gasteiger partial charge in [0.2, 0.25) is 0 Å². The van der Waals surface area contributed by atoms with Crippen molar-refractivity contribution in [3.63, 3.8) is 0 Å². The van der Waals surface area contributed by atoms with Crippen LogP contribution < -0.4 is 14.2 Å². The minimum Gasteiger partial charge on any atom is -0.493 e. The van der Waals surface area contributed by atoms with E-state index in [9.17, 15) is 9.59 Å². The molecular weight excluding hydrogens is 863 g/mol. The van der Waals surface area contributed by atoms with E-state index >= 15 is 0 Å². The Hall–Kier alpha value is -4.32. The highest BCUT2D eigenvalue weighted by molar-refractivity contribution is 6.32. The van der Waals surface area contributed by atoms with Crippen LogP contribution in [-0.4, -0.2) is 73.8 Å². The molecule has 0 bridgehead atoms. The number of esters is 2. The molecule has 0 unspecified atom stereocenters. The third-order valence-electron chi connectivity index (χ3n) is 12.9. The molecular formula is C53H66Cl2N2O8. The monoisotopic (exact) mass is 928 g/mol. The van der Waals surface area contributed by atoms with Gasteiger partial charge in [0.25, 0.3) is 0 Å². The zero-order valence-corrected chi connectivity index (χ0v) is 40.7. The van der Waals surface area contributed by atoms with Crippen molar-refractivity contribution in [2.75, 3.05) is 39.9 Å². The minimum absolute atomic E-state index is 0.0315. The Labute approximate surface area is 395 Å². The molecule has 2 aliphatic heterocycles. The second kappa shape index (κ2) is 22.4. The average Bonchev–Trinajstić information content (AvgIpc) is 3.70. The van der Waals surface area contributed by atoms with Gasteiger partial charge in [-0.25, -0.2) is 0 Å². The number of benzene rings is 4. The van der Waals surface area contributed by atoms with Crippen molar-refractivity contribution < 1.29 is 38.0 Å². The fourth-order valence-electron chi connectivity index (χ4n) is 9.15. The molecule has 0 radical (unpaired) electrons. The molecule has 2 heterocycles. The zero-order valence-electron chi connectivity index (χ0n) is 39.2. The number of carbonyl (C=O) groups excluding carboxylic acids is 2. The minimum atomic E-state index is -0.158. The molecule has 2 fully saturated rings. The van der Waals surface area contributed by atoms with E-state index < -0.39 is 0 Å². The zero-order chi connectivity index (χ0) is 46.2. The molecule has 4 aromatic rings. The van der Waals surface area contributed by atoms with Gasteiger partial charge in [0, 0.05) is 58.0 Å². The lowest BCUT2D eigenvalue weighted by atomic mass is 9.91. The van der Waals surface area contributed by atoms with Crippen LogP contribution in [0.3, 0.4) is 0 Å². The van der Waals surface area contributed by atoms with Crippen LogP contribution in [0.25, 0.3) is 11.1 Å². The summed E-state index contributed by atoms with van der Waals surface area (Å²) in [6, 6.07) is 20.8. The third kappa shape index (κ3) is 12.2. The number of hydrogen-bond acceptors (Lipinski definition) is 10. The van der Waals surface area contributed by atoms with Gasteiger partial charge in [0.05, 0.1) is 35.1 Å². The number of ether oxygens (including phenoxy) is 6. The van der Waals surface area contributed by atoms with Gasteiger partial charge >= 0.3 is 11.9 Å². The summed E-state index contributed by atoms with van der Waals surface area (Å²) in [7, 11) is 1.70. The van der Waals surface area contributed by atoms with Crippen molar-refractivity contribution in [3.05, 3.63) is 110 Å². The van der Waals surface area contributed by atoms with Gasteiger partial charge in [-0.05, 0) is 115 Å². The summed E-state index contributed by atoms with van der Waals surface area (Å²) in [5, 5.41) is 1.12. The Morgan fingerprint density at radius 3 is 1.86 bits per heavy atom. The van der Waals surface area contributed by atoms with Gasteiger partial charge in [0.15, 0.2) is 0 Å². The van der Waals surface area contributed by atoms with E-state index in [0.717, 1.165) is 110 Å². The van der Waals surface area contributed by atoms with Crippen molar-refractivity contribution in [3.8, 4) is 28.4 Å². The van der Waals surface area contributed by atoms with Crippen molar-refractivity contribution in [2.45, 2.75) is 125 Å². The molecule has 0 spiro atoms. The van der Waals surface area contributed by atoms with Gasteiger partial charge in [-0.1, -0.05) is 87.3 Å². The summed E-state index contributed by atoms with van der Waals surface area (Å²) in [5.74, 6) is 1.50. The van der Waals surface area contributed by atoms with Gasteiger partial charge in [-0.15, -0.1) is 0 Å². The average molecular weight is 930 g/mol. The Morgan fingerprint density at radius 2 is 1.25 bits per heavy atom. The highest BCUT2D eigenvalue weighted by Crippen LogP contribution is 2.44. The lowest BCUT2D eigenvalue weighted by Crippen LogP contribution is -2.38. The molecule has 0 saturated carbocycles. The summed E-state index contributed by atoms with van der Waals surface area (Å²) >= 11 is 13.9. The summed E-state index contributed by atoms with van der Waals surface area (Å²) in [4.78, 5) is 29.0. The van der Waals surface area contributed by atoms with Crippen molar-refractivity contribution >= 4 is 35.1 Å². The van der Waals surface area contributed by atoms with Gasteiger partial charge in [-0.3, -0.25) is 19.4 Å². The molecule has 0 amide bonds. The van der Waals surface area contributed by atoms with E-state index in [-0.39, 0.29) is 42.1 Å². The van der Waals surface area contributed by atoms with E-state index in [1.165, 1.54) is 16.7 Å². The van der Waals surface area contributed by atoms with Gasteiger partial charge in [-0.2, -0.15) is 0 Å². The number of likely N-dealkylation sites (tertiary alicyclic amines) is 2. The van der Waals surface area contributed by atoms with Crippen LogP contribution in [0.1, 0.15) is 112 Å². The predicted molar refractivity (Wildman–Crippen MR) is 256 cm³/mol. The standard InChI is InChI=1S/C53H66Cl2N2O8/c1-8-61-49-28-51(47(55)26-38(49)30-57-23-19-41(20-24-57)64-53(59)34(4)5)65-48-16-15-44-43(13-10-14-45(44)48)42-12-9-11-36(35(42)6)32-62-50-27-39(31-60-7)37(25-46(50)54)29-56-21-17-40(18-22-56)63-52(58)33(2)3/h9-14,25-28,33-34,40-41,48H,8,15-24,29-32H2,1-7H3/t48-/m0/s1. The van der Waals surface area contributed by atoms with E-state index in [4.69, 9.17) is 51.6 Å². The van der Waals surface area contributed by atoms with Crippen LogP contribution in [0.5, 0.6) is 17.2 Å². The van der Waals surface area contributed by atoms with Gasteiger partial charge in [0.1, 0.15) is 42.2 Å². The van der Waals surface area contributed by atoms with Crippen LogP contribution in [0.15, 0.2) is 60.7 Å². The lowest BCUT2D eigenvalue weighted by molar-refractivity contribution is -0.156. The van der Waals surface area contributed by atoms with E-state index in [0.29, 0.717) is 47.9 Å². The quantitative estimate of drug-likeness (QED) is 0.0898. The maximum absolute atomic E-state index is 12.1. The van der Waals surface area contributed by atoms with E-state index in [1.807, 2.05) is 58.9 Å². The van der Waals surface area contributed by atoms with E-state index in [1.54, 1.807) is 7.11 Å². The fraction of sp³-hybridized carbons (Fsp3) is 0.509. The molecule has 10 nitrogen and oxygen atoms in total. The van der Waals surface area contributed by atoms with Crippen molar-refractivity contribution in [2.24, 2.45) is 11.8 Å². The molecule has 4 aromatic carbocycles. The SMILES string of the molecule is CCOc1cc(O[C@H]2CCc3c(-c4cccc(COc5cc(COC)c(CN6CCC(OC(=O)C(C)C)CC6)cc5Cl)c4C)cccc32)c(Cl)cc1CN1CCC(OC(=O)C(C)C)CC1. The fourth-order valence-corrected chi connectivity index (χ4v) is 9.62. The van der Waals surface area contributed by atoms with Crippen LogP contribution >= 0.6 is 23.2 Å². The maximum atomic E-state index is 12.1. The molecule has 350 valence electrons. The first-order valence-corrected chi connectivity index (χ1v) is 24.2. The smallest absolute Gasteiger partial charge is 0.308 e. The number of rotatable bonds is 18. The number of carbonyl (C=O) groups is 2. The molecule has 3 aliphatic rings. The topological polar surface area (TPSA) is 96.0 Å². The Balaban J connectivity index is 1.00. The number of nitrogens with zero attached hydrogens (tertiary/aromatic N) is 2. The van der Waals surface area contributed by atoms with Gasteiger partial charge < -0.3 is 28.4 Å². The molecule has 0 N–H and O–H groups in total. The van der Waals surface area contributed by atoms with E-state index in [2.05, 4.69) is 53.1 Å². The predicted octanol–water partition coefficient (Wildman–Crippen LogP) is 11.5. The molecule has 1 atom stereocenters. The first-order valence-electron chi connectivity index (χ1n) is 23.4. The first-order chi connectivity index (χ1) is 31.3. The Morgan fingerprint density at radius 1 is 0.662 bits per heavy atom. The number of hydrogen-bond donors (Lipinski definition) is 0. The maximum Gasteiger partial charge on any atom is 0.308 e. The number of halogens is 2. The molecule has 7 rings (SSSR count). The van der Waals surface area contributed by atoms with Crippen LogP contribution in [0.4, 0.5) is 0 Å². The summed E-state index contributed by atoms with van der Waals surface area (Å²) in [5.41, 5.74) is 10.2. The second-order valence-electron chi connectivity index (χ2n) is 18.3. The van der Waals surface area contributed by atoms with Crippen molar-refractivity contribution in [1.29, 1.82) is 0 Å². The first kappa shape index (κ1) is 48.6. The highest BCUT2D eigenvalue weighted by atomic mass is 35.5. The van der Waals surface area contributed by atoms with Crippen molar-refractivity contribution in [1.82, 2.24) is 9.80 Å². The number of methoxy groups -OCH3 is 1. The number of fused-ring (bicyclic) bond motifs is 1. The summed E-state index contributed by atoms with van der Waals surface area (Å²) in [6.07, 6.45) is 4.72. The Kier molecular flexibility index (Phi) is 16.8.